The number of nitrogens with zero attached hydrogens (tertiary/aromatic N) is 1. The topological polar surface area (TPSA) is 136 Å². The van der Waals surface area contributed by atoms with Gasteiger partial charge >= 0.3 is 0 Å². The molecule has 1 aliphatic rings. The van der Waals surface area contributed by atoms with Crippen LogP contribution in [0.2, 0.25) is 0 Å². The molecule has 0 saturated heterocycles. The van der Waals surface area contributed by atoms with E-state index in [1.54, 1.807) is 0 Å². The first-order chi connectivity index (χ1) is 11.3. The van der Waals surface area contributed by atoms with Crippen LogP contribution in [-0.2, 0) is 16.4 Å². The molecule has 0 aromatic heterocycles. The van der Waals surface area contributed by atoms with E-state index in [2.05, 4.69) is 5.32 Å². The second-order valence-corrected chi connectivity index (χ2v) is 7.17. The summed E-state index contributed by atoms with van der Waals surface area (Å²) in [6.45, 7) is 0. The van der Waals surface area contributed by atoms with Gasteiger partial charge in [-0.05, 0) is 17.2 Å². The number of fused-ring (bicyclic) bond motifs is 1. The second kappa shape index (κ2) is 5.86. The Morgan fingerprint density at radius 1 is 1.25 bits per heavy atom. The molecule has 0 fully saturated rings. The van der Waals surface area contributed by atoms with Crippen molar-refractivity contribution in [1.29, 1.82) is 0 Å². The van der Waals surface area contributed by atoms with Crippen LogP contribution in [0.3, 0.4) is 0 Å². The van der Waals surface area contributed by atoms with Gasteiger partial charge in [0.15, 0.2) is 0 Å². The average Bonchev–Trinajstić information content (AvgIpc) is 2.82. The molecule has 4 N–H and O–H groups in total. The summed E-state index contributed by atoms with van der Waals surface area (Å²) < 4.78 is 23.1. The van der Waals surface area contributed by atoms with Crippen molar-refractivity contribution in [1.82, 2.24) is 0 Å². The predicted molar refractivity (Wildman–Crippen MR) is 87.0 cm³/mol. The van der Waals surface area contributed by atoms with E-state index in [0.717, 1.165) is 17.2 Å². The third kappa shape index (κ3) is 3.09. The summed E-state index contributed by atoms with van der Waals surface area (Å²) in [6.07, 6.45) is -0.273. The van der Waals surface area contributed by atoms with Gasteiger partial charge in [0.1, 0.15) is 0 Å². The zero-order chi connectivity index (χ0) is 17.5. The number of primary sulfonamides is 1. The fourth-order valence-electron chi connectivity index (χ4n) is 2.86. The molecule has 0 spiro atoms. The predicted octanol–water partition coefficient (Wildman–Crippen LogP) is 1.31. The van der Waals surface area contributed by atoms with Gasteiger partial charge in [-0.1, -0.05) is 24.3 Å². The van der Waals surface area contributed by atoms with E-state index >= 15 is 0 Å². The summed E-state index contributed by atoms with van der Waals surface area (Å²) in [6, 6.07) is 10.3. The van der Waals surface area contributed by atoms with Crippen LogP contribution in [0.15, 0.2) is 47.4 Å². The second-order valence-electron chi connectivity index (χ2n) is 5.61. The Bertz CT molecular complexity index is 913. The monoisotopic (exact) mass is 349 g/mol. The molecule has 8 nitrogen and oxygen atoms in total. The first-order valence-electron chi connectivity index (χ1n) is 7.10. The Morgan fingerprint density at radius 2 is 1.96 bits per heavy atom. The maximum absolute atomic E-state index is 11.5. The number of nitro benzene ring substituents is 1. The average molecular weight is 349 g/mol. The molecule has 2 aromatic rings. The van der Waals surface area contributed by atoms with E-state index in [1.807, 2.05) is 24.3 Å². The van der Waals surface area contributed by atoms with Crippen molar-refractivity contribution in [2.75, 3.05) is 5.32 Å². The minimum absolute atomic E-state index is 0.203. The summed E-state index contributed by atoms with van der Waals surface area (Å²) in [5.74, 6) is 0. The largest absolute Gasteiger partial charge is 0.390 e. The van der Waals surface area contributed by atoms with Crippen molar-refractivity contribution in [2.45, 2.75) is 23.5 Å². The number of anilines is 1. The number of benzene rings is 2. The number of nitrogens with two attached hydrogens (primary N) is 1. The summed E-state index contributed by atoms with van der Waals surface area (Å²) in [5, 5.41) is 29.3. The van der Waals surface area contributed by atoms with Crippen LogP contribution < -0.4 is 10.5 Å². The maximum Gasteiger partial charge on any atom is 0.272 e. The highest BCUT2D eigenvalue weighted by Gasteiger charge is 2.31. The Balaban J connectivity index is 2.01. The van der Waals surface area contributed by atoms with Crippen molar-refractivity contribution in [3.63, 3.8) is 0 Å². The fraction of sp³-hybridized carbons (Fsp3) is 0.200. The highest BCUT2D eigenvalue weighted by Crippen LogP contribution is 2.35. The van der Waals surface area contributed by atoms with Gasteiger partial charge in [-0.3, -0.25) is 10.1 Å². The highest BCUT2D eigenvalue weighted by molar-refractivity contribution is 7.89. The van der Waals surface area contributed by atoms with Gasteiger partial charge in [0.2, 0.25) is 10.0 Å². The number of sulfonamides is 1. The van der Waals surface area contributed by atoms with Crippen LogP contribution in [0.4, 0.5) is 11.4 Å². The third-order valence-electron chi connectivity index (χ3n) is 3.96. The minimum Gasteiger partial charge on any atom is -0.390 e. The lowest BCUT2D eigenvalue weighted by Gasteiger charge is -2.19. The highest BCUT2D eigenvalue weighted by atomic mass is 32.2. The molecule has 0 bridgehead atoms. The molecule has 0 aliphatic heterocycles. The number of rotatable bonds is 4. The molecule has 0 radical (unpaired) electrons. The van der Waals surface area contributed by atoms with Gasteiger partial charge in [-0.15, -0.1) is 0 Å². The molecule has 0 heterocycles. The molecule has 0 amide bonds. The van der Waals surface area contributed by atoms with Crippen molar-refractivity contribution >= 4 is 21.4 Å². The summed E-state index contributed by atoms with van der Waals surface area (Å²) in [5.41, 5.74) is 1.65. The number of non-ortho nitro benzene ring substituents is 1. The molecule has 3 rings (SSSR count). The SMILES string of the molecule is NS(=O)(=O)c1cc(N[C@H]2c3ccccc3C[C@H]2O)cc([N+](=O)[O-])c1. The standard InChI is InChI=1S/C15H15N3O5S/c16-24(22,23)12-7-10(6-11(8-12)18(20)21)17-15-13-4-2-1-3-9(13)5-14(15)19/h1-4,6-8,14-15,17,19H,5H2,(H2,16,22,23)/t14-,15+/m1/s1. The molecule has 0 unspecified atom stereocenters. The van der Waals surface area contributed by atoms with Crippen LogP contribution >= 0.6 is 0 Å². The molecule has 1 aliphatic carbocycles. The Labute approximate surface area is 138 Å². The normalized spacial score (nSPS) is 19.8. The van der Waals surface area contributed by atoms with E-state index in [9.17, 15) is 23.6 Å². The molecular weight excluding hydrogens is 334 g/mol. The van der Waals surface area contributed by atoms with Crippen LogP contribution in [0, 0.1) is 10.1 Å². The van der Waals surface area contributed by atoms with E-state index in [0.29, 0.717) is 6.42 Å². The van der Waals surface area contributed by atoms with Crippen molar-refractivity contribution in [3.8, 4) is 0 Å². The maximum atomic E-state index is 11.5. The molecule has 2 atom stereocenters. The van der Waals surface area contributed by atoms with E-state index in [4.69, 9.17) is 5.14 Å². The quantitative estimate of drug-likeness (QED) is 0.562. The molecular formula is C15H15N3O5S. The molecule has 24 heavy (non-hydrogen) atoms. The Kier molecular flexibility index (Phi) is 3.99. The lowest BCUT2D eigenvalue weighted by molar-refractivity contribution is -0.385. The van der Waals surface area contributed by atoms with Crippen LogP contribution in [0.5, 0.6) is 0 Å². The number of aliphatic hydroxyl groups excluding tert-OH is 1. The molecule has 0 saturated carbocycles. The zero-order valence-electron chi connectivity index (χ0n) is 12.4. The zero-order valence-corrected chi connectivity index (χ0v) is 13.2. The van der Waals surface area contributed by atoms with E-state index in [-0.39, 0.29) is 10.6 Å². The Morgan fingerprint density at radius 3 is 2.62 bits per heavy atom. The molecule has 9 heteroatoms. The van der Waals surface area contributed by atoms with Crippen molar-refractivity contribution in [2.24, 2.45) is 5.14 Å². The number of hydrogen-bond donors (Lipinski definition) is 3. The lowest BCUT2D eigenvalue weighted by Crippen LogP contribution is -2.21. The van der Waals surface area contributed by atoms with Crippen molar-refractivity contribution in [3.05, 3.63) is 63.7 Å². The number of nitrogens with one attached hydrogen (secondary N) is 1. The number of aliphatic hydroxyl groups is 1. The van der Waals surface area contributed by atoms with E-state index in [1.165, 1.54) is 12.1 Å². The summed E-state index contributed by atoms with van der Waals surface area (Å²) in [4.78, 5) is 9.97. The summed E-state index contributed by atoms with van der Waals surface area (Å²) >= 11 is 0. The minimum atomic E-state index is -4.10. The summed E-state index contributed by atoms with van der Waals surface area (Å²) in [7, 11) is -4.10. The van der Waals surface area contributed by atoms with E-state index < -0.39 is 32.8 Å². The van der Waals surface area contributed by atoms with Gasteiger partial charge in [0, 0.05) is 24.2 Å². The van der Waals surface area contributed by atoms with Gasteiger partial charge in [-0.25, -0.2) is 13.6 Å². The first kappa shape index (κ1) is 16.4. The number of hydrogen-bond acceptors (Lipinski definition) is 6. The van der Waals surface area contributed by atoms with Gasteiger partial charge in [-0.2, -0.15) is 0 Å². The van der Waals surface area contributed by atoms with Gasteiger partial charge in [0.05, 0.1) is 22.0 Å². The lowest BCUT2D eigenvalue weighted by atomic mass is 10.1. The van der Waals surface area contributed by atoms with Crippen molar-refractivity contribution < 1.29 is 18.4 Å². The fourth-order valence-corrected chi connectivity index (χ4v) is 3.44. The molecule has 2 aromatic carbocycles. The molecule has 126 valence electrons. The van der Waals surface area contributed by atoms with Crippen LogP contribution in [-0.4, -0.2) is 24.6 Å². The van der Waals surface area contributed by atoms with Crippen LogP contribution in [0.25, 0.3) is 0 Å². The smallest absolute Gasteiger partial charge is 0.272 e. The van der Waals surface area contributed by atoms with Gasteiger partial charge < -0.3 is 10.4 Å². The first-order valence-corrected chi connectivity index (χ1v) is 8.65. The third-order valence-corrected chi connectivity index (χ3v) is 4.85. The number of nitro groups is 1. The van der Waals surface area contributed by atoms with Gasteiger partial charge in [0.25, 0.3) is 5.69 Å². The van der Waals surface area contributed by atoms with Crippen LogP contribution in [0.1, 0.15) is 17.2 Å². The Hall–Kier alpha value is -2.49.